The lowest BCUT2D eigenvalue weighted by Gasteiger charge is -2.04. The lowest BCUT2D eigenvalue weighted by Crippen LogP contribution is -2.24. The highest BCUT2D eigenvalue weighted by atomic mass is 16.3. The normalized spacial score (nSPS) is 11.6. The molecule has 3 nitrogen and oxygen atoms in total. The van der Waals surface area contributed by atoms with Crippen LogP contribution in [0.15, 0.2) is 16.5 Å². The molecule has 17 heavy (non-hydrogen) atoms. The van der Waals surface area contributed by atoms with Crippen LogP contribution in [0.25, 0.3) is 11.1 Å². The molecule has 0 bridgehead atoms. The lowest BCUT2D eigenvalue weighted by molar-refractivity contribution is 0.500. The number of fused-ring (bicyclic) bond motifs is 1. The van der Waals surface area contributed by atoms with Crippen LogP contribution in [0, 0.1) is 13.8 Å². The molecule has 92 valence electrons. The van der Waals surface area contributed by atoms with Crippen LogP contribution in [-0.2, 0) is 6.42 Å². The number of aryl methyl sites for hydroxylation is 2. The minimum absolute atomic E-state index is 0.503. The van der Waals surface area contributed by atoms with Gasteiger partial charge in [0.25, 0.3) is 0 Å². The lowest BCUT2D eigenvalue weighted by atomic mass is 10.1. The fourth-order valence-corrected chi connectivity index (χ4v) is 2.00. The van der Waals surface area contributed by atoms with Crippen LogP contribution < -0.4 is 5.32 Å². The minimum atomic E-state index is 0.503. The highest BCUT2D eigenvalue weighted by Gasteiger charge is 2.08. The number of hydrogen-bond donors (Lipinski definition) is 1. The van der Waals surface area contributed by atoms with E-state index in [1.54, 1.807) is 0 Å². The summed E-state index contributed by atoms with van der Waals surface area (Å²) >= 11 is 0. The van der Waals surface area contributed by atoms with Gasteiger partial charge in [-0.15, -0.1) is 0 Å². The summed E-state index contributed by atoms with van der Waals surface area (Å²) in [6, 6.07) is 4.71. The van der Waals surface area contributed by atoms with Crippen LogP contribution >= 0.6 is 0 Å². The van der Waals surface area contributed by atoms with Crippen molar-refractivity contribution >= 4 is 11.1 Å². The Bertz CT molecular complexity index is 514. The predicted octanol–water partition coefficient (Wildman–Crippen LogP) is 2.99. The summed E-state index contributed by atoms with van der Waals surface area (Å²) in [4.78, 5) is 4.52. The molecule has 0 aliphatic rings. The summed E-state index contributed by atoms with van der Waals surface area (Å²) in [5, 5.41) is 3.36. The Morgan fingerprint density at radius 3 is 2.76 bits per heavy atom. The number of nitrogens with zero attached hydrogens (tertiary/aromatic N) is 1. The number of oxazole rings is 1. The van der Waals surface area contributed by atoms with E-state index in [4.69, 9.17) is 4.42 Å². The highest BCUT2D eigenvalue weighted by Crippen LogP contribution is 2.21. The first-order chi connectivity index (χ1) is 8.06. The van der Waals surface area contributed by atoms with Gasteiger partial charge in [0.05, 0.1) is 0 Å². The van der Waals surface area contributed by atoms with Crippen LogP contribution in [0.3, 0.4) is 0 Å². The standard InChI is InChI=1S/C14H20N2O/c1-9(2)15-6-5-13-16-12-8-10(3)7-11(4)14(12)17-13/h7-9,15H,5-6H2,1-4H3. The van der Waals surface area contributed by atoms with Crippen LogP contribution in [0.2, 0.25) is 0 Å². The monoisotopic (exact) mass is 232 g/mol. The maximum absolute atomic E-state index is 5.78. The molecule has 0 aliphatic heterocycles. The van der Waals surface area contributed by atoms with Crippen molar-refractivity contribution in [3.8, 4) is 0 Å². The molecule has 0 aliphatic carbocycles. The predicted molar refractivity (Wildman–Crippen MR) is 70.3 cm³/mol. The zero-order valence-corrected chi connectivity index (χ0v) is 11.0. The smallest absolute Gasteiger partial charge is 0.196 e. The number of aromatic nitrogens is 1. The topological polar surface area (TPSA) is 38.1 Å². The van der Waals surface area contributed by atoms with E-state index in [1.165, 1.54) is 5.56 Å². The Morgan fingerprint density at radius 1 is 1.29 bits per heavy atom. The average molecular weight is 232 g/mol. The third-order valence-electron chi connectivity index (χ3n) is 2.76. The quantitative estimate of drug-likeness (QED) is 0.880. The van der Waals surface area contributed by atoms with E-state index in [9.17, 15) is 0 Å². The summed E-state index contributed by atoms with van der Waals surface area (Å²) < 4.78 is 5.78. The first kappa shape index (κ1) is 12.1. The van der Waals surface area contributed by atoms with Crippen molar-refractivity contribution in [2.75, 3.05) is 6.54 Å². The number of rotatable bonds is 4. The molecule has 0 saturated heterocycles. The molecule has 0 saturated carbocycles. The fourth-order valence-electron chi connectivity index (χ4n) is 2.00. The maximum Gasteiger partial charge on any atom is 0.196 e. The second-order valence-corrected chi connectivity index (χ2v) is 4.90. The molecule has 0 atom stereocenters. The highest BCUT2D eigenvalue weighted by molar-refractivity contribution is 5.77. The van der Waals surface area contributed by atoms with Gasteiger partial charge >= 0.3 is 0 Å². The molecule has 0 unspecified atom stereocenters. The van der Waals surface area contributed by atoms with Gasteiger partial charge in [0.15, 0.2) is 11.5 Å². The largest absolute Gasteiger partial charge is 0.440 e. The SMILES string of the molecule is Cc1cc(C)c2oc(CCNC(C)C)nc2c1. The van der Waals surface area contributed by atoms with Crippen LogP contribution in [0.1, 0.15) is 30.9 Å². The Labute approximate surface area is 102 Å². The van der Waals surface area contributed by atoms with Crippen LogP contribution in [-0.4, -0.2) is 17.6 Å². The van der Waals surface area contributed by atoms with E-state index < -0.39 is 0 Å². The van der Waals surface area contributed by atoms with Crippen molar-refractivity contribution in [3.05, 3.63) is 29.2 Å². The third-order valence-corrected chi connectivity index (χ3v) is 2.76. The number of nitrogens with one attached hydrogen (secondary N) is 1. The third kappa shape index (κ3) is 2.86. The molecule has 0 fully saturated rings. The van der Waals surface area contributed by atoms with Crippen molar-refractivity contribution < 1.29 is 4.42 Å². The molecule has 2 rings (SSSR count). The van der Waals surface area contributed by atoms with Crippen molar-refractivity contribution in [1.29, 1.82) is 0 Å². The molecule has 0 spiro atoms. The molecule has 3 heteroatoms. The molecule has 2 aromatic rings. The van der Waals surface area contributed by atoms with E-state index in [0.717, 1.165) is 35.5 Å². The second-order valence-electron chi connectivity index (χ2n) is 4.90. The summed E-state index contributed by atoms with van der Waals surface area (Å²) in [6.07, 6.45) is 0.839. The van der Waals surface area contributed by atoms with Crippen molar-refractivity contribution in [2.45, 2.75) is 40.2 Å². The zero-order valence-electron chi connectivity index (χ0n) is 11.0. The van der Waals surface area contributed by atoms with E-state index >= 15 is 0 Å². The fraction of sp³-hybridized carbons (Fsp3) is 0.500. The zero-order chi connectivity index (χ0) is 12.4. The van der Waals surface area contributed by atoms with Gasteiger partial charge in [-0.25, -0.2) is 4.98 Å². The molecule has 1 N–H and O–H groups in total. The summed E-state index contributed by atoms with van der Waals surface area (Å²) in [7, 11) is 0. The van der Waals surface area contributed by atoms with Gasteiger partial charge in [-0.2, -0.15) is 0 Å². The van der Waals surface area contributed by atoms with Crippen molar-refractivity contribution in [2.24, 2.45) is 0 Å². The van der Waals surface area contributed by atoms with Crippen molar-refractivity contribution in [3.63, 3.8) is 0 Å². The number of benzene rings is 1. The Kier molecular flexibility index (Phi) is 3.48. The van der Waals surface area contributed by atoms with Gasteiger partial charge in [-0.3, -0.25) is 0 Å². The Balaban J connectivity index is 2.17. The molecule has 0 amide bonds. The molecule has 1 aromatic carbocycles. The van der Waals surface area contributed by atoms with Gasteiger partial charge < -0.3 is 9.73 Å². The van der Waals surface area contributed by atoms with E-state index in [1.807, 2.05) is 0 Å². The maximum atomic E-state index is 5.78. The average Bonchev–Trinajstić information content (AvgIpc) is 2.60. The van der Waals surface area contributed by atoms with Gasteiger partial charge in [0, 0.05) is 19.0 Å². The summed E-state index contributed by atoms with van der Waals surface area (Å²) in [5.41, 5.74) is 4.29. The second kappa shape index (κ2) is 4.88. The van der Waals surface area contributed by atoms with Crippen LogP contribution in [0.4, 0.5) is 0 Å². The summed E-state index contributed by atoms with van der Waals surface area (Å²) in [6.45, 7) is 9.33. The number of hydrogen-bond acceptors (Lipinski definition) is 3. The van der Waals surface area contributed by atoms with E-state index in [-0.39, 0.29) is 0 Å². The molecular weight excluding hydrogens is 212 g/mol. The van der Waals surface area contributed by atoms with Gasteiger partial charge in [-0.05, 0) is 31.0 Å². The molecule has 1 aromatic heterocycles. The van der Waals surface area contributed by atoms with Crippen molar-refractivity contribution in [1.82, 2.24) is 10.3 Å². The van der Waals surface area contributed by atoms with Gasteiger partial charge in [0.2, 0.25) is 0 Å². The Hall–Kier alpha value is -1.35. The molecule has 1 heterocycles. The molecule has 0 radical (unpaired) electrons. The van der Waals surface area contributed by atoms with Gasteiger partial charge in [-0.1, -0.05) is 19.9 Å². The minimum Gasteiger partial charge on any atom is -0.440 e. The van der Waals surface area contributed by atoms with Crippen LogP contribution in [0.5, 0.6) is 0 Å². The van der Waals surface area contributed by atoms with E-state index in [0.29, 0.717) is 6.04 Å². The first-order valence-electron chi connectivity index (χ1n) is 6.16. The summed E-state index contributed by atoms with van der Waals surface area (Å²) in [5.74, 6) is 0.821. The van der Waals surface area contributed by atoms with E-state index in [2.05, 4.69) is 50.1 Å². The molecular formula is C14H20N2O. The van der Waals surface area contributed by atoms with Gasteiger partial charge in [0.1, 0.15) is 5.52 Å². The first-order valence-corrected chi connectivity index (χ1v) is 6.16. The Morgan fingerprint density at radius 2 is 2.06 bits per heavy atom.